The molecule has 0 fully saturated rings. The average molecular weight is 236 g/mol. The number of aldehydes is 1. The quantitative estimate of drug-likeness (QED) is 0.286. The van der Waals surface area contributed by atoms with Crippen LogP contribution in [-0.2, 0) is 14.4 Å². The van der Waals surface area contributed by atoms with Gasteiger partial charge >= 0.3 is 0 Å². The fourth-order valence-corrected chi connectivity index (χ4v) is 0.991. The third kappa shape index (κ3) is 7.79. The minimum atomic E-state index is -0.312. The Morgan fingerprint density at radius 1 is 1.47 bits per heavy atom. The molecule has 0 aromatic rings. The van der Waals surface area contributed by atoms with Gasteiger partial charge in [0, 0.05) is 39.1 Å². The Morgan fingerprint density at radius 2 is 2.18 bits per heavy atom. The summed E-state index contributed by atoms with van der Waals surface area (Å²) in [7, 11) is 1.56. The van der Waals surface area contributed by atoms with Crippen molar-refractivity contribution in [2.45, 2.75) is 12.8 Å². The van der Waals surface area contributed by atoms with Gasteiger partial charge in [-0.25, -0.2) is 0 Å². The number of terminal acetylenes is 1. The van der Waals surface area contributed by atoms with Crippen LogP contribution in [0.15, 0.2) is 12.2 Å². The Balaban J connectivity index is 3.83. The molecule has 0 bridgehead atoms. The maximum atomic E-state index is 11.3. The second-order valence-electron chi connectivity index (χ2n) is 3.31. The minimum Gasteiger partial charge on any atom is -0.355 e. The van der Waals surface area contributed by atoms with E-state index in [1.807, 2.05) is 0 Å². The highest BCUT2D eigenvalue weighted by atomic mass is 16.2. The van der Waals surface area contributed by atoms with Crippen molar-refractivity contribution in [2.24, 2.45) is 0 Å². The first kappa shape index (κ1) is 14.9. The molecule has 0 heterocycles. The lowest BCUT2D eigenvalue weighted by atomic mass is 10.3. The van der Waals surface area contributed by atoms with Gasteiger partial charge in [0.1, 0.15) is 6.29 Å². The van der Waals surface area contributed by atoms with E-state index >= 15 is 0 Å². The zero-order valence-electron chi connectivity index (χ0n) is 9.81. The van der Waals surface area contributed by atoms with E-state index in [-0.39, 0.29) is 18.2 Å². The normalized spacial score (nSPS) is 9.65. The lowest BCUT2D eigenvalue weighted by Crippen LogP contribution is -2.31. The number of rotatable bonds is 7. The largest absolute Gasteiger partial charge is 0.355 e. The van der Waals surface area contributed by atoms with Crippen molar-refractivity contribution >= 4 is 18.1 Å². The van der Waals surface area contributed by atoms with E-state index in [2.05, 4.69) is 11.2 Å². The third-order valence-electron chi connectivity index (χ3n) is 1.96. The summed E-state index contributed by atoms with van der Waals surface area (Å²) in [5.74, 6) is 1.94. The van der Waals surface area contributed by atoms with Gasteiger partial charge < -0.3 is 10.2 Å². The lowest BCUT2D eigenvalue weighted by molar-refractivity contribution is -0.126. The van der Waals surface area contributed by atoms with Gasteiger partial charge in [0.05, 0.1) is 0 Å². The van der Waals surface area contributed by atoms with Gasteiger partial charge in [0.25, 0.3) is 0 Å². The Labute approximate surface area is 101 Å². The van der Waals surface area contributed by atoms with Crippen molar-refractivity contribution in [3.05, 3.63) is 12.2 Å². The molecule has 0 aromatic heterocycles. The summed E-state index contributed by atoms with van der Waals surface area (Å²) >= 11 is 0. The zero-order valence-corrected chi connectivity index (χ0v) is 9.81. The average Bonchev–Trinajstić information content (AvgIpc) is 2.33. The summed E-state index contributed by atoms with van der Waals surface area (Å²) in [5, 5.41) is 2.63. The Morgan fingerprint density at radius 3 is 2.76 bits per heavy atom. The number of nitrogens with zero attached hydrogens (tertiary/aromatic N) is 1. The van der Waals surface area contributed by atoms with Crippen LogP contribution < -0.4 is 5.32 Å². The molecule has 5 heteroatoms. The van der Waals surface area contributed by atoms with E-state index < -0.39 is 0 Å². The molecule has 0 aromatic carbocycles. The summed E-state index contributed by atoms with van der Waals surface area (Å²) in [6, 6.07) is 0. The van der Waals surface area contributed by atoms with Crippen LogP contribution in [0.1, 0.15) is 12.8 Å². The zero-order chi connectivity index (χ0) is 13.1. The smallest absolute Gasteiger partial charge is 0.246 e. The van der Waals surface area contributed by atoms with Crippen LogP contribution in [0.2, 0.25) is 0 Å². The monoisotopic (exact) mass is 236 g/mol. The molecule has 0 aliphatic carbocycles. The van der Waals surface area contributed by atoms with Crippen LogP contribution >= 0.6 is 0 Å². The molecule has 5 nitrogen and oxygen atoms in total. The van der Waals surface area contributed by atoms with Crippen molar-refractivity contribution in [2.75, 3.05) is 20.1 Å². The number of carbonyl (C=O) groups excluding carboxylic acids is 3. The highest BCUT2D eigenvalue weighted by Crippen LogP contribution is 1.90. The summed E-state index contributed by atoms with van der Waals surface area (Å²) < 4.78 is 0. The third-order valence-corrected chi connectivity index (χ3v) is 1.96. The van der Waals surface area contributed by atoms with Crippen LogP contribution in [0.5, 0.6) is 0 Å². The summed E-state index contributed by atoms with van der Waals surface area (Å²) in [6.07, 6.45) is 8.53. The van der Waals surface area contributed by atoms with Gasteiger partial charge in [-0.3, -0.25) is 14.4 Å². The molecule has 92 valence electrons. The standard InChI is InChI=1S/C12H16N2O3/c1-3-4-8-13-11(16)7-9-14(2)12(17)6-5-10-15/h1,5-6,10H,4,7-9H2,2H3,(H,13,16)/b6-5-. The number of carbonyl (C=O) groups is 3. The minimum absolute atomic E-state index is 0.153. The van der Waals surface area contributed by atoms with E-state index in [0.717, 1.165) is 12.2 Å². The second-order valence-corrected chi connectivity index (χ2v) is 3.31. The van der Waals surface area contributed by atoms with Crippen LogP contribution in [0.4, 0.5) is 0 Å². The highest BCUT2D eigenvalue weighted by Gasteiger charge is 2.07. The summed E-state index contributed by atoms with van der Waals surface area (Å²) in [5.41, 5.74) is 0. The van der Waals surface area contributed by atoms with E-state index in [4.69, 9.17) is 6.42 Å². The number of hydrogen-bond donors (Lipinski definition) is 1. The Kier molecular flexibility index (Phi) is 8.03. The maximum Gasteiger partial charge on any atom is 0.246 e. The molecular formula is C12H16N2O3. The van der Waals surface area contributed by atoms with Crippen molar-refractivity contribution in [3.8, 4) is 12.3 Å². The molecule has 0 aliphatic heterocycles. The van der Waals surface area contributed by atoms with Crippen molar-refractivity contribution in [1.82, 2.24) is 10.2 Å². The molecule has 0 unspecified atom stereocenters. The molecule has 0 saturated heterocycles. The van der Waals surface area contributed by atoms with E-state index in [1.54, 1.807) is 7.05 Å². The van der Waals surface area contributed by atoms with E-state index in [0.29, 0.717) is 25.8 Å². The van der Waals surface area contributed by atoms with Crippen LogP contribution in [-0.4, -0.2) is 43.1 Å². The Bertz CT molecular complexity index is 342. The second kappa shape index (κ2) is 9.16. The molecule has 1 N–H and O–H groups in total. The number of hydrogen-bond acceptors (Lipinski definition) is 3. The van der Waals surface area contributed by atoms with E-state index in [9.17, 15) is 14.4 Å². The van der Waals surface area contributed by atoms with E-state index in [1.165, 1.54) is 4.90 Å². The number of likely N-dealkylation sites (N-methyl/N-ethyl adjacent to an activating group) is 1. The highest BCUT2D eigenvalue weighted by molar-refractivity contribution is 5.91. The van der Waals surface area contributed by atoms with Gasteiger partial charge in [0.15, 0.2) is 0 Å². The molecule has 0 spiro atoms. The molecule has 17 heavy (non-hydrogen) atoms. The number of amides is 2. The fourth-order valence-electron chi connectivity index (χ4n) is 0.991. The van der Waals surface area contributed by atoms with Gasteiger partial charge in [-0.05, 0) is 6.08 Å². The van der Waals surface area contributed by atoms with Gasteiger partial charge in [-0.2, -0.15) is 0 Å². The molecule has 2 amide bonds. The molecule has 0 rings (SSSR count). The topological polar surface area (TPSA) is 66.5 Å². The first-order chi connectivity index (χ1) is 8.11. The SMILES string of the molecule is C#CCCNC(=O)CCN(C)C(=O)/C=C\C=O. The predicted molar refractivity (Wildman–Crippen MR) is 63.9 cm³/mol. The van der Waals surface area contributed by atoms with Crippen LogP contribution in [0, 0.1) is 12.3 Å². The summed E-state index contributed by atoms with van der Waals surface area (Å²) in [6.45, 7) is 0.738. The molecule has 0 atom stereocenters. The molecule has 0 aliphatic rings. The van der Waals surface area contributed by atoms with Crippen molar-refractivity contribution < 1.29 is 14.4 Å². The molecule has 0 radical (unpaired) electrons. The van der Waals surface area contributed by atoms with Crippen LogP contribution in [0.25, 0.3) is 0 Å². The van der Waals surface area contributed by atoms with Crippen molar-refractivity contribution in [3.63, 3.8) is 0 Å². The van der Waals surface area contributed by atoms with Crippen molar-refractivity contribution in [1.29, 1.82) is 0 Å². The lowest BCUT2D eigenvalue weighted by Gasteiger charge is -2.14. The summed E-state index contributed by atoms with van der Waals surface area (Å²) in [4.78, 5) is 33.9. The molecule has 0 saturated carbocycles. The first-order valence-corrected chi connectivity index (χ1v) is 5.19. The number of allylic oxidation sites excluding steroid dienone is 1. The maximum absolute atomic E-state index is 11.3. The van der Waals surface area contributed by atoms with Gasteiger partial charge in [0.2, 0.25) is 11.8 Å². The predicted octanol–water partition coefficient (Wildman–Crippen LogP) is -0.271. The number of nitrogens with one attached hydrogen (secondary N) is 1. The first-order valence-electron chi connectivity index (χ1n) is 5.19. The Hall–Kier alpha value is -2.09. The van der Waals surface area contributed by atoms with Gasteiger partial charge in [-0.15, -0.1) is 12.3 Å². The molecular weight excluding hydrogens is 220 g/mol. The van der Waals surface area contributed by atoms with Crippen LogP contribution in [0.3, 0.4) is 0 Å². The van der Waals surface area contributed by atoms with Gasteiger partial charge in [-0.1, -0.05) is 0 Å². The fraction of sp³-hybridized carbons (Fsp3) is 0.417.